The molecule has 1 aromatic heterocycles. The van der Waals surface area contributed by atoms with Crippen molar-refractivity contribution in [2.75, 3.05) is 17.6 Å². The highest BCUT2D eigenvalue weighted by atomic mass is 32.2. The zero-order valence-corrected chi connectivity index (χ0v) is 11.9. The van der Waals surface area contributed by atoms with Crippen molar-refractivity contribution in [2.45, 2.75) is 11.3 Å². The lowest BCUT2D eigenvalue weighted by atomic mass is 10.2. The van der Waals surface area contributed by atoms with Gasteiger partial charge in [-0.2, -0.15) is 5.10 Å². The minimum atomic E-state index is -3.81. The molecule has 0 spiro atoms. The van der Waals surface area contributed by atoms with Crippen molar-refractivity contribution in [3.63, 3.8) is 0 Å². The van der Waals surface area contributed by atoms with Crippen LogP contribution in [0.1, 0.15) is 5.56 Å². The van der Waals surface area contributed by atoms with Crippen LogP contribution in [-0.2, 0) is 23.5 Å². The molecule has 0 atom stereocenters. The van der Waals surface area contributed by atoms with E-state index in [0.29, 0.717) is 17.9 Å². The Kier molecular flexibility index (Phi) is 3.96. The van der Waals surface area contributed by atoms with Gasteiger partial charge in [0.15, 0.2) is 0 Å². The largest absolute Gasteiger partial charge is 0.399 e. The minimum Gasteiger partial charge on any atom is -0.399 e. The van der Waals surface area contributed by atoms with Gasteiger partial charge >= 0.3 is 0 Å². The van der Waals surface area contributed by atoms with Crippen LogP contribution in [0.25, 0.3) is 0 Å². The van der Waals surface area contributed by atoms with Gasteiger partial charge in [0.2, 0.25) is 10.0 Å². The van der Waals surface area contributed by atoms with Crippen LogP contribution in [0, 0.1) is 0 Å². The monoisotopic (exact) mass is 295 g/mol. The summed E-state index contributed by atoms with van der Waals surface area (Å²) in [7, 11) is -1.96. The molecule has 2 aromatic rings. The van der Waals surface area contributed by atoms with Gasteiger partial charge in [0, 0.05) is 25.5 Å². The van der Waals surface area contributed by atoms with Gasteiger partial charge in [-0.15, -0.1) is 0 Å². The Bertz CT molecular complexity index is 708. The maximum absolute atomic E-state index is 11.5. The first kappa shape index (κ1) is 14.4. The standard InChI is InChI=1S/C12H17N5O2S/c1-17-8-9(7-16-17)4-5-15-11-3-2-10(13)6-12(11)20(14,18)19/h2-3,6-8,15H,4-5,13H2,1H3,(H2,14,18,19). The van der Waals surface area contributed by atoms with Gasteiger partial charge in [0.25, 0.3) is 0 Å². The third-order valence-corrected chi connectivity index (χ3v) is 3.75. The summed E-state index contributed by atoms with van der Waals surface area (Å²) in [4.78, 5) is 0.00341. The molecule has 7 nitrogen and oxygen atoms in total. The third-order valence-electron chi connectivity index (χ3n) is 2.80. The molecule has 0 aliphatic rings. The van der Waals surface area contributed by atoms with Crippen LogP contribution >= 0.6 is 0 Å². The molecule has 0 saturated heterocycles. The second-order valence-corrected chi connectivity index (χ2v) is 6.03. The number of benzene rings is 1. The highest BCUT2D eigenvalue weighted by Gasteiger charge is 2.14. The van der Waals surface area contributed by atoms with Crippen molar-refractivity contribution in [1.29, 1.82) is 0 Å². The van der Waals surface area contributed by atoms with Crippen LogP contribution in [0.3, 0.4) is 0 Å². The molecule has 0 amide bonds. The number of anilines is 2. The number of rotatable bonds is 5. The van der Waals surface area contributed by atoms with E-state index in [1.54, 1.807) is 23.0 Å². The summed E-state index contributed by atoms with van der Waals surface area (Å²) >= 11 is 0. The van der Waals surface area contributed by atoms with Crippen molar-refractivity contribution >= 4 is 21.4 Å². The summed E-state index contributed by atoms with van der Waals surface area (Å²) < 4.78 is 24.7. The lowest BCUT2D eigenvalue weighted by molar-refractivity contribution is 0.598. The second-order valence-electron chi connectivity index (χ2n) is 4.50. The predicted octanol–water partition coefficient (Wildman–Crippen LogP) is 0.304. The lowest BCUT2D eigenvalue weighted by Crippen LogP contribution is -2.16. The number of primary sulfonamides is 1. The normalized spacial score (nSPS) is 11.5. The first-order chi connectivity index (χ1) is 9.36. The van der Waals surface area contributed by atoms with Crippen molar-refractivity contribution in [2.24, 2.45) is 12.2 Å². The molecule has 0 aliphatic heterocycles. The van der Waals surface area contributed by atoms with E-state index >= 15 is 0 Å². The molecule has 108 valence electrons. The molecule has 0 fully saturated rings. The maximum Gasteiger partial charge on any atom is 0.240 e. The smallest absolute Gasteiger partial charge is 0.240 e. The van der Waals surface area contributed by atoms with Gasteiger partial charge in [-0.05, 0) is 30.2 Å². The number of aryl methyl sites for hydroxylation is 1. The molecule has 20 heavy (non-hydrogen) atoms. The molecule has 0 radical (unpaired) electrons. The summed E-state index contributed by atoms with van der Waals surface area (Å²) in [5, 5.41) is 12.3. The van der Waals surface area contributed by atoms with Crippen molar-refractivity contribution in [3.8, 4) is 0 Å². The molecule has 0 saturated carbocycles. The van der Waals surface area contributed by atoms with Crippen LogP contribution < -0.4 is 16.2 Å². The van der Waals surface area contributed by atoms with E-state index in [1.807, 2.05) is 13.2 Å². The highest BCUT2D eigenvalue weighted by molar-refractivity contribution is 7.89. The van der Waals surface area contributed by atoms with Gasteiger partial charge < -0.3 is 11.1 Å². The first-order valence-electron chi connectivity index (χ1n) is 6.00. The fourth-order valence-electron chi connectivity index (χ4n) is 1.86. The van der Waals surface area contributed by atoms with Crippen molar-refractivity contribution < 1.29 is 8.42 Å². The number of nitrogens with one attached hydrogen (secondary N) is 1. The van der Waals surface area contributed by atoms with E-state index in [2.05, 4.69) is 10.4 Å². The number of hydrogen-bond donors (Lipinski definition) is 3. The molecular weight excluding hydrogens is 278 g/mol. The molecular formula is C12H17N5O2S. The Morgan fingerprint density at radius 1 is 1.40 bits per heavy atom. The van der Waals surface area contributed by atoms with E-state index in [4.69, 9.17) is 10.9 Å². The van der Waals surface area contributed by atoms with Crippen LogP contribution in [-0.4, -0.2) is 24.7 Å². The molecule has 5 N–H and O–H groups in total. The fraction of sp³-hybridized carbons (Fsp3) is 0.250. The number of nitrogen functional groups attached to an aromatic ring is 1. The second kappa shape index (κ2) is 5.51. The average Bonchev–Trinajstić information content (AvgIpc) is 2.76. The van der Waals surface area contributed by atoms with Crippen molar-refractivity contribution in [1.82, 2.24) is 9.78 Å². The van der Waals surface area contributed by atoms with E-state index in [-0.39, 0.29) is 4.90 Å². The zero-order valence-electron chi connectivity index (χ0n) is 11.1. The SMILES string of the molecule is Cn1cc(CCNc2ccc(N)cc2S(N)(=O)=O)cn1. The Hall–Kier alpha value is -2.06. The number of sulfonamides is 1. The molecule has 8 heteroatoms. The molecule has 1 aromatic carbocycles. The molecule has 0 aliphatic carbocycles. The number of nitrogens with two attached hydrogens (primary N) is 2. The average molecular weight is 295 g/mol. The van der Waals surface area contributed by atoms with Gasteiger partial charge in [-0.1, -0.05) is 0 Å². The van der Waals surface area contributed by atoms with Crippen LogP contribution in [0.5, 0.6) is 0 Å². The van der Waals surface area contributed by atoms with Gasteiger partial charge in [-0.25, -0.2) is 13.6 Å². The van der Waals surface area contributed by atoms with Gasteiger partial charge in [0.1, 0.15) is 4.90 Å². The van der Waals surface area contributed by atoms with Crippen LogP contribution in [0.2, 0.25) is 0 Å². The number of aromatic nitrogens is 2. The van der Waals surface area contributed by atoms with E-state index in [1.165, 1.54) is 6.07 Å². The quantitative estimate of drug-likeness (QED) is 0.686. The Balaban J connectivity index is 2.10. The predicted molar refractivity (Wildman–Crippen MR) is 77.6 cm³/mol. The van der Waals surface area contributed by atoms with Crippen LogP contribution in [0.15, 0.2) is 35.5 Å². The van der Waals surface area contributed by atoms with Crippen LogP contribution in [0.4, 0.5) is 11.4 Å². The Morgan fingerprint density at radius 2 is 2.15 bits per heavy atom. The summed E-state index contributed by atoms with van der Waals surface area (Å²) in [5.41, 5.74) is 7.45. The van der Waals surface area contributed by atoms with E-state index < -0.39 is 10.0 Å². The zero-order chi connectivity index (χ0) is 14.8. The maximum atomic E-state index is 11.5. The number of nitrogens with zero attached hydrogens (tertiary/aromatic N) is 2. The Labute approximate surface area is 117 Å². The fourth-order valence-corrected chi connectivity index (χ4v) is 2.61. The third kappa shape index (κ3) is 3.49. The molecule has 1 heterocycles. The van der Waals surface area contributed by atoms with Crippen molar-refractivity contribution in [3.05, 3.63) is 36.2 Å². The van der Waals surface area contributed by atoms with E-state index in [9.17, 15) is 8.42 Å². The molecule has 2 rings (SSSR count). The lowest BCUT2D eigenvalue weighted by Gasteiger charge is -2.11. The highest BCUT2D eigenvalue weighted by Crippen LogP contribution is 2.22. The Morgan fingerprint density at radius 3 is 2.75 bits per heavy atom. The topological polar surface area (TPSA) is 116 Å². The minimum absolute atomic E-state index is 0.00341. The van der Waals surface area contributed by atoms with E-state index in [0.717, 1.165) is 12.0 Å². The van der Waals surface area contributed by atoms with Gasteiger partial charge in [-0.3, -0.25) is 4.68 Å². The molecule has 0 bridgehead atoms. The summed E-state index contributed by atoms with van der Waals surface area (Å²) in [6, 6.07) is 4.58. The first-order valence-corrected chi connectivity index (χ1v) is 7.54. The summed E-state index contributed by atoms with van der Waals surface area (Å²) in [6.07, 6.45) is 4.40. The summed E-state index contributed by atoms with van der Waals surface area (Å²) in [5.74, 6) is 0. The number of hydrogen-bond acceptors (Lipinski definition) is 5. The van der Waals surface area contributed by atoms with Gasteiger partial charge in [0.05, 0.1) is 11.9 Å². The summed E-state index contributed by atoms with van der Waals surface area (Å²) in [6.45, 7) is 0.568. The molecule has 0 unspecified atom stereocenters.